The monoisotopic (exact) mass is 435 g/mol. The van der Waals surface area contributed by atoms with Crippen LogP contribution in [0.1, 0.15) is 51.6 Å². The van der Waals surface area contributed by atoms with Crippen LogP contribution in [0.4, 0.5) is 4.79 Å². The molecule has 1 unspecified atom stereocenters. The van der Waals surface area contributed by atoms with Gasteiger partial charge in [0.25, 0.3) is 17.7 Å². The first-order valence-electron chi connectivity index (χ1n) is 10.6. The number of aryl methyl sites for hydroxylation is 1. The average molecular weight is 435 g/mol. The van der Waals surface area contributed by atoms with Gasteiger partial charge in [0, 0.05) is 13.1 Å². The average Bonchev–Trinajstić information content (AvgIpc) is 3.19. The Balaban J connectivity index is 1.47. The fraction of sp³-hybridized carbons (Fsp3) is 0.333. The van der Waals surface area contributed by atoms with E-state index < -0.39 is 11.6 Å². The van der Waals surface area contributed by atoms with Crippen LogP contribution in [-0.2, 0) is 10.3 Å². The first-order valence-corrected chi connectivity index (χ1v) is 10.6. The Morgan fingerprint density at radius 1 is 0.938 bits per heavy atom. The van der Waals surface area contributed by atoms with Crippen LogP contribution in [0, 0.1) is 6.92 Å². The van der Waals surface area contributed by atoms with Gasteiger partial charge in [0.05, 0.1) is 18.2 Å². The zero-order chi connectivity index (χ0) is 23.0. The van der Waals surface area contributed by atoms with Gasteiger partial charge in [0.15, 0.2) is 0 Å². The zero-order valence-corrected chi connectivity index (χ0v) is 18.3. The maximum absolute atomic E-state index is 13.3. The number of hydrogen-bond acceptors (Lipinski definition) is 5. The van der Waals surface area contributed by atoms with E-state index in [1.807, 2.05) is 19.9 Å². The molecule has 2 aromatic rings. The summed E-state index contributed by atoms with van der Waals surface area (Å²) < 4.78 is 5.30. The minimum absolute atomic E-state index is 0.106. The maximum Gasteiger partial charge on any atom is 0.325 e. The molecule has 0 spiro atoms. The number of benzene rings is 2. The first kappa shape index (κ1) is 21.5. The molecule has 0 radical (unpaired) electrons. The second-order valence-corrected chi connectivity index (χ2v) is 7.99. The van der Waals surface area contributed by atoms with Crippen molar-refractivity contribution in [3.63, 3.8) is 0 Å². The molecule has 8 nitrogen and oxygen atoms in total. The van der Waals surface area contributed by atoms with Crippen molar-refractivity contribution >= 4 is 23.8 Å². The number of hydrogen-bond donors (Lipinski definition) is 1. The molecule has 2 aliphatic heterocycles. The fourth-order valence-corrected chi connectivity index (χ4v) is 4.44. The fourth-order valence-electron chi connectivity index (χ4n) is 4.44. The van der Waals surface area contributed by atoms with Crippen molar-refractivity contribution < 1.29 is 23.9 Å². The van der Waals surface area contributed by atoms with Crippen molar-refractivity contribution in [3.8, 4) is 5.75 Å². The molecule has 2 aromatic carbocycles. The molecule has 5 amide bonds. The second kappa shape index (κ2) is 8.11. The Labute approximate surface area is 186 Å². The number of amides is 5. The lowest BCUT2D eigenvalue weighted by Crippen LogP contribution is -2.43. The third-order valence-corrected chi connectivity index (χ3v) is 6.24. The quantitative estimate of drug-likeness (QED) is 0.533. The van der Waals surface area contributed by atoms with Gasteiger partial charge in [0.1, 0.15) is 11.3 Å². The highest BCUT2D eigenvalue weighted by Gasteiger charge is 2.51. The van der Waals surface area contributed by atoms with Crippen LogP contribution >= 0.6 is 0 Å². The number of imide groups is 2. The molecule has 8 heteroatoms. The summed E-state index contributed by atoms with van der Waals surface area (Å²) in [6.07, 6.45) is 0.685. The number of urea groups is 1. The third-order valence-electron chi connectivity index (χ3n) is 6.24. The van der Waals surface area contributed by atoms with Crippen molar-refractivity contribution in [1.29, 1.82) is 0 Å². The Morgan fingerprint density at radius 3 is 2.12 bits per heavy atom. The van der Waals surface area contributed by atoms with Crippen LogP contribution in [0.3, 0.4) is 0 Å². The van der Waals surface area contributed by atoms with Crippen LogP contribution in [0.25, 0.3) is 0 Å². The molecule has 166 valence electrons. The zero-order valence-electron chi connectivity index (χ0n) is 18.3. The van der Waals surface area contributed by atoms with Crippen LogP contribution in [-0.4, -0.2) is 53.8 Å². The molecular weight excluding hydrogens is 410 g/mol. The summed E-state index contributed by atoms with van der Waals surface area (Å²) >= 11 is 0. The Hall–Kier alpha value is -3.68. The molecule has 0 aliphatic carbocycles. The van der Waals surface area contributed by atoms with Gasteiger partial charge in [-0.2, -0.15) is 0 Å². The lowest BCUT2D eigenvalue weighted by Gasteiger charge is -2.26. The number of methoxy groups -OCH3 is 1. The summed E-state index contributed by atoms with van der Waals surface area (Å²) in [6.45, 7) is 3.96. The van der Waals surface area contributed by atoms with E-state index in [-0.39, 0.29) is 30.8 Å². The predicted octanol–water partition coefficient (Wildman–Crippen LogP) is 2.85. The van der Waals surface area contributed by atoms with Crippen molar-refractivity contribution in [2.24, 2.45) is 0 Å². The van der Waals surface area contributed by atoms with Crippen molar-refractivity contribution in [2.45, 2.75) is 32.2 Å². The van der Waals surface area contributed by atoms with E-state index in [1.165, 1.54) is 9.80 Å². The molecule has 1 N–H and O–H groups in total. The number of ether oxygens (including phenoxy) is 1. The van der Waals surface area contributed by atoms with Gasteiger partial charge in [-0.05, 0) is 55.2 Å². The molecule has 4 rings (SSSR count). The van der Waals surface area contributed by atoms with E-state index in [2.05, 4.69) is 5.32 Å². The summed E-state index contributed by atoms with van der Waals surface area (Å²) in [7, 11) is 1.58. The van der Waals surface area contributed by atoms with Crippen molar-refractivity contribution in [3.05, 3.63) is 64.7 Å². The maximum atomic E-state index is 13.3. The van der Waals surface area contributed by atoms with Gasteiger partial charge in [-0.25, -0.2) is 4.79 Å². The molecule has 1 saturated heterocycles. The van der Waals surface area contributed by atoms with Gasteiger partial charge < -0.3 is 10.1 Å². The minimum atomic E-state index is -1.15. The van der Waals surface area contributed by atoms with E-state index >= 15 is 0 Å². The van der Waals surface area contributed by atoms with Gasteiger partial charge in [-0.3, -0.25) is 24.2 Å². The highest BCUT2D eigenvalue weighted by molar-refractivity contribution is 6.21. The molecule has 0 bridgehead atoms. The van der Waals surface area contributed by atoms with E-state index in [4.69, 9.17) is 4.74 Å². The van der Waals surface area contributed by atoms with Crippen molar-refractivity contribution in [2.75, 3.05) is 20.2 Å². The molecule has 32 heavy (non-hydrogen) atoms. The summed E-state index contributed by atoms with van der Waals surface area (Å²) in [5.41, 5.74) is 1.17. The van der Waals surface area contributed by atoms with E-state index in [9.17, 15) is 19.2 Å². The Morgan fingerprint density at radius 2 is 1.56 bits per heavy atom. The number of nitrogens with zero attached hydrogens (tertiary/aromatic N) is 2. The molecule has 0 saturated carbocycles. The highest BCUT2D eigenvalue weighted by atomic mass is 16.5. The molecule has 1 fully saturated rings. The number of carbonyl (C=O) groups is 4. The van der Waals surface area contributed by atoms with E-state index in [0.717, 1.165) is 5.56 Å². The molecule has 1 atom stereocenters. The Kier molecular flexibility index (Phi) is 5.46. The molecule has 2 aliphatic rings. The van der Waals surface area contributed by atoms with Gasteiger partial charge >= 0.3 is 6.03 Å². The summed E-state index contributed by atoms with van der Waals surface area (Å²) in [5, 5.41) is 2.86. The van der Waals surface area contributed by atoms with Crippen molar-refractivity contribution in [1.82, 2.24) is 15.1 Å². The van der Waals surface area contributed by atoms with E-state index in [0.29, 0.717) is 35.3 Å². The van der Waals surface area contributed by atoms with Gasteiger partial charge in [-0.1, -0.05) is 25.1 Å². The normalized spacial score (nSPS) is 20.1. The molecular formula is C24H25N3O5. The Bertz CT molecular complexity index is 1090. The van der Waals surface area contributed by atoms with Crippen LogP contribution < -0.4 is 10.1 Å². The summed E-state index contributed by atoms with van der Waals surface area (Å²) in [4.78, 5) is 53.4. The first-order chi connectivity index (χ1) is 15.3. The number of rotatable bonds is 7. The van der Waals surface area contributed by atoms with E-state index in [1.54, 1.807) is 43.5 Å². The van der Waals surface area contributed by atoms with Crippen LogP contribution in [0.15, 0.2) is 42.5 Å². The lowest BCUT2D eigenvalue weighted by molar-refractivity contribution is -0.131. The highest BCUT2D eigenvalue weighted by Crippen LogP contribution is 2.35. The number of carbonyl (C=O) groups excluding carboxylic acids is 4. The number of fused-ring (bicyclic) bond motifs is 1. The molecule has 0 aromatic heterocycles. The topological polar surface area (TPSA) is 96.0 Å². The number of nitrogens with one attached hydrogen (secondary N) is 1. The summed E-state index contributed by atoms with van der Waals surface area (Å²) in [5.74, 6) is -0.328. The largest absolute Gasteiger partial charge is 0.496 e. The minimum Gasteiger partial charge on any atom is -0.496 e. The van der Waals surface area contributed by atoms with Gasteiger partial charge in [0.2, 0.25) is 0 Å². The predicted molar refractivity (Wildman–Crippen MR) is 116 cm³/mol. The molecule has 2 heterocycles. The van der Waals surface area contributed by atoms with Gasteiger partial charge in [-0.15, -0.1) is 0 Å². The van der Waals surface area contributed by atoms with Crippen LogP contribution in [0.5, 0.6) is 5.75 Å². The SMILES string of the molecule is CCC1(c2ccc(OC)c(C)c2)NC(=O)N(CCCN2C(=O)c3ccccc3C2=O)C1=O. The smallest absolute Gasteiger partial charge is 0.325 e. The van der Waals surface area contributed by atoms with Crippen LogP contribution in [0.2, 0.25) is 0 Å². The lowest BCUT2D eigenvalue weighted by atomic mass is 9.86. The second-order valence-electron chi connectivity index (χ2n) is 7.99. The summed E-state index contributed by atoms with van der Waals surface area (Å²) in [6, 6.07) is 11.6. The standard InChI is InChI=1S/C24H25N3O5/c1-4-24(16-10-11-19(32-3)15(2)14-16)22(30)27(23(31)25-24)13-7-12-26-20(28)17-8-5-6-9-18(17)21(26)29/h5-6,8-11,14H,4,7,12-13H2,1-3H3,(H,25,31). The third kappa shape index (κ3) is 3.23.